The number of rotatable bonds is 4. The van der Waals surface area contributed by atoms with Crippen molar-refractivity contribution in [3.05, 3.63) is 30.1 Å². The third-order valence-corrected chi connectivity index (χ3v) is 2.18. The fraction of sp³-hybridized carbons (Fsp3) is 0.538. The molecule has 0 unspecified atom stereocenters. The molecule has 0 aliphatic rings. The van der Waals surface area contributed by atoms with Gasteiger partial charge >= 0.3 is 0 Å². The number of carbonyl (C=O) groups excluding carboxylic acids is 1. The van der Waals surface area contributed by atoms with Gasteiger partial charge in [0.15, 0.2) is 0 Å². The van der Waals surface area contributed by atoms with E-state index in [4.69, 9.17) is 4.74 Å². The Kier molecular flexibility index (Phi) is 4.63. The van der Waals surface area contributed by atoms with E-state index in [1.54, 1.807) is 18.1 Å². The Balaban J connectivity index is 2.43. The number of aromatic nitrogens is 1. The van der Waals surface area contributed by atoms with Crippen molar-refractivity contribution < 1.29 is 9.53 Å². The van der Waals surface area contributed by atoms with E-state index in [1.807, 2.05) is 39.0 Å². The van der Waals surface area contributed by atoms with Crippen LogP contribution in [0.1, 0.15) is 26.5 Å². The summed E-state index contributed by atoms with van der Waals surface area (Å²) in [7, 11) is 1.75. The van der Waals surface area contributed by atoms with Gasteiger partial charge in [0.25, 0.3) is 0 Å². The summed E-state index contributed by atoms with van der Waals surface area (Å²) < 4.78 is 5.44. The summed E-state index contributed by atoms with van der Waals surface area (Å²) in [6.45, 7) is 6.40. The van der Waals surface area contributed by atoms with Crippen LogP contribution < -0.4 is 0 Å². The second-order valence-electron chi connectivity index (χ2n) is 4.97. The third-order valence-electron chi connectivity index (χ3n) is 2.18. The molecule has 1 aromatic heterocycles. The molecule has 4 nitrogen and oxygen atoms in total. The van der Waals surface area contributed by atoms with Gasteiger partial charge in [0.05, 0.1) is 17.8 Å². The maximum absolute atomic E-state index is 11.8. The van der Waals surface area contributed by atoms with E-state index in [1.165, 1.54) is 0 Å². The van der Waals surface area contributed by atoms with Gasteiger partial charge in [-0.15, -0.1) is 0 Å². The molecular weight excluding hydrogens is 216 g/mol. The first-order valence-corrected chi connectivity index (χ1v) is 5.66. The molecule has 17 heavy (non-hydrogen) atoms. The Morgan fingerprint density at radius 2 is 2.12 bits per heavy atom. The first-order valence-electron chi connectivity index (χ1n) is 5.66. The Hall–Kier alpha value is -1.42. The molecule has 0 atom stereocenters. The fourth-order valence-corrected chi connectivity index (χ4v) is 1.21. The van der Waals surface area contributed by atoms with Crippen LogP contribution in [0.3, 0.4) is 0 Å². The molecule has 0 saturated heterocycles. The number of hydrogen-bond donors (Lipinski definition) is 0. The zero-order valence-corrected chi connectivity index (χ0v) is 10.9. The lowest BCUT2D eigenvalue weighted by molar-refractivity contribution is -0.140. The van der Waals surface area contributed by atoms with Gasteiger partial charge in [-0.1, -0.05) is 6.07 Å². The van der Waals surface area contributed by atoms with Gasteiger partial charge < -0.3 is 9.64 Å². The summed E-state index contributed by atoms with van der Waals surface area (Å²) >= 11 is 0. The van der Waals surface area contributed by atoms with Crippen molar-refractivity contribution in [1.29, 1.82) is 0 Å². The van der Waals surface area contributed by atoms with Crippen molar-refractivity contribution in [3.8, 4) is 0 Å². The smallest absolute Gasteiger partial charge is 0.248 e. The number of likely N-dealkylation sites (N-methyl/N-ethyl adjacent to an activating group) is 1. The van der Waals surface area contributed by atoms with Crippen molar-refractivity contribution in [1.82, 2.24) is 9.88 Å². The quantitative estimate of drug-likeness (QED) is 0.801. The van der Waals surface area contributed by atoms with Crippen LogP contribution in [0.15, 0.2) is 24.4 Å². The lowest BCUT2D eigenvalue weighted by atomic mass is 10.2. The third kappa shape index (κ3) is 5.45. The fourth-order valence-electron chi connectivity index (χ4n) is 1.21. The number of ether oxygens (including phenoxy) is 1. The van der Waals surface area contributed by atoms with Gasteiger partial charge in [0.2, 0.25) is 5.91 Å². The van der Waals surface area contributed by atoms with Crippen LogP contribution in [0.25, 0.3) is 0 Å². The monoisotopic (exact) mass is 236 g/mol. The number of nitrogens with zero attached hydrogens (tertiary/aromatic N) is 2. The van der Waals surface area contributed by atoms with Gasteiger partial charge in [0, 0.05) is 13.2 Å². The van der Waals surface area contributed by atoms with Gasteiger partial charge in [0.1, 0.15) is 6.61 Å². The minimum absolute atomic E-state index is 0.0365. The van der Waals surface area contributed by atoms with Gasteiger partial charge in [-0.3, -0.25) is 9.78 Å². The van der Waals surface area contributed by atoms with E-state index in [9.17, 15) is 4.79 Å². The summed E-state index contributed by atoms with van der Waals surface area (Å²) in [6, 6.07) is 5.66. The topological polar surface area (TPSA) is 42.4 Å². The molecule has 1 heterocycles. The highest BCUT2D eigenvalue weighted by atomic mass is 16.5. The van der Waals surface area contributed by atoms with Crippen molar-refractivity contribution in [2.75, 3.05) is 13.7 Å². The highest BCUT2D eigenvalue weighted by Gasteiger charge is 2.15. The van der Waals surface area contributed by atoms with E-state index in [0.717, 1.165) is 5.69 Å². The molecule has 1 aromatic rings. The Morgan fingerprint density at radius 3 is 2.65 bits per heavy atom. The minimum atomic E-state index is -0.290. The average Bonchev–Trinajstić information content (AvgIpc) is 2.26. The summed E-state index contributed by atoms with van der Waals surface area (Å²) in [5, 5.41) is 0. The van der Waals surface area contributed by atoms with Gasteiger partial charge in [-0.2, -0.15) is 0 Å². The van der Waals surface area contributed by atoms with Crippen molar-refractivity contribution in [2.24, 2.45) is 0 Å². The number of hydrogen-bond acceptors (Lipinski definition) is 3. The standard InChI is InChI=1S/C13H20N2O2/c1-13(2,3)17-10-12(16)15(4)9-11-7-5-6-8-14-11/h5-8H,9-10H2,1-4H3. The van der Waals surface area contributed by atoms with Crippen LogP contribution >= 0.6 is 0 Å². The molecule has 1 amide bonds. The molecule has 0 aliphatic carbocycles. The molecule has 94 valence electrons. The van der Waals surface area contributed by atoms with Crippen LogP contribution in [-0.2, 0) is 16.1 Å². The highest BCUT2D eigenvalue weighted by Crippen LogP contribution is 2.07. The highest BCUT2D eigenvalue weighted by molar-refractivity contribution is 5.77. The summed E-state index contributed by atoms with van der Waals surface area (Å²) in [4.78, 5) is 17.6. The molecule has 1 rings (SSSR count). The Bertz CT molecular complexity index is 357. The van der Waals surface area contributed by atoms with Crippen LogP contribution in [0.2, 0.25) is 0 Å². The van der Waals surface area contributed by atoms with E-state index in [0.29, 0.717) is 6.54 Å². The predicted octanol–water partition coefficient (Wildman–Crippen LogP) is 1.86. The number of pyridine rings is 1. The minimum Gasteiger partial charge on any atom is -0.366 e. The van der Waals surface area contributed by atoms with Gasteiger partial charge in [-0.25, -0.2) is 0 Å². The number of amides is 1. The summed E-state index contributed by atoms with van der Waals surface area (Å²) in [6.07, 6.45) is 1.72. The van der Waals surface area contributed by atoms with Crippen LogP contribution in [-0.4, -0.2) is 35.0 Å². The molecule has 0 saturated carbocycles. The predicted molar refractivity (Wildman–Crippen MR) is 66.4 cm³/mol. The maximum Gasteiger partial charge on any atom is 0.248 e. The molecule has 0 N–H and O–H groups in total. The molecule has 0 radical (unpaired) electrons. The lowest BCUT2D eigenvalue weighted by Crippen LogP contribution is -2.33. The first-order chi connectivity index (χ1) is 7.88. The first kappa shape index (κ1) is 13.6. The van der Waals surface area contributed by atoms with E-state index >= 15 is 0 Å². The molecule has 0 aromatic carbocycles. The summed E-state index contributed by atoms with van der Waals surface area (Å²) in [5.74, 6) is -0.0365. The van der Waals surface area contributed by atoms with E-state index < -0.39 is 0 Å². The second-order valence-corrected chi connectivity index (χ2v) is 4.97. The molecule has 0 spiro atoms. The molecule has 0 bridgehead atoms. The van der Waals surface area contributed by atoms with Gasteiger partial charge in [-0.05, 0) is 32.9 Å². The molecule has 0 aliphatic heterocycles. The summed E-state index contributed by atoms with van der Waals surface area (Å²) in [5.41, 5.74) is 0.584. The average molecular weight is 236 g/mol. The van der Waals surface area contributed by atoms with Crippen LogP contribution in [0, 0.1) is 0 Å². The van der Waals surface area contributed by atoms with Crippen molar-refractivity contribution in [3.63, 3.8) is 0 Å². The zero-order chi connectivity index (χ0) is 12.9. The Morgan fingerprint density at radius 1 is 1.41 bits per heavy atom. The maximum atomic E-state index is 11.8. The zero-order valence-electron chi connectivity index (χ0n) is 10.9. The molecular formula is C13H20N2O2. The normalized spacial score (nSPS) is 11.3. The van der Waals surface area contributed by atoms with Crippen molar-refractivity contribution in [2.45, 2.75) is 32.9 Å². The molecule has 0 fully saturated rings. The van der Waals surface area contributed by atoms with Crippen LogP contribution in [0.5, 0.6) is 0 Å². The SMILES string of the molecule is CN(Cc1ccccn1)C(=O)COC(C)(C)C. The Labute approximate surface area is 103 Å². The second kappa shape index (κ2) is 5.77. The van der Waals surface area contributed by atoms with E-state index in [2.05, 4.69) is 4.98 Å². The van der Waals surface area contributed by atoms with Crippen LogP contribution in [0.4, 0.5) is 0 Å². The lowest BCUT2D eigenvalue weighted by Gasteiger charge is -2.22. The number of carbonyl (C=O) groups is 1. The molecule has 4 heteroatoms. The largest absolute Gasteiger partial charge is 0.366 e. The van der Waals surface area contributed by atoms with E-state index in [-0.39, 0.29) is 18.1 Å². The van der Waals surface area contributed by atoms with Crippen molar-refractivity contribution >= 4 is 5.91 Å².